The van der Waals surface area contributed by atoms with Gasteiger partial charge in [-0.05, 0) is 31.2 Å². The van der Waals surface area contributed by atoms with Gasteiger partial charge in [0, 0.05) is 17.3 Å². The number of halogens is 1. The van der Waals surface area contributed by atoms with Crippen LogP contribution in [0.15, 0.2) is 40.9 Å². The molecule has 0 spiro atoms. The van der Waals surface area contributed by atoms with E-state index >= 15 is 0 Å². The van der Waals surface area contributed by atoms with E-state index in [-0.39, 0.29) is 17.4 Å². The normalized spacial score (nSPS) is 11.7. The van der Waals surface area contributed by atoms with Gasteiger partial charge in [0.15, 0.2) is 17.0 Å². The maximum Gasteiger partial charge on any atom is 0.308 e. The largest absolute Gasteiger partial charge is 0.434 e. The molecule has 0 N–H and O–H groups in total. The van der Waals surface area contributed by atoms with Crippen molar-refractivity contribution in [3.63, 3.8) is 0 Å². The van der Waals surface area contributed by atoms with Crippen LogP contribution in [0, 0.1) is 0 Å². The van der Waals surface area contributed by atoms with Crippen molar-refractivity contribution in [1.82, 2.24) is 9.97 Å². The van der Waals surface area contributed by atoms with Gasteiger partial charge >= 0.3 is 10.1 Å². The molecule has 2 heterocycles. The first kappa shape index (κ1) is 14.8. The third-order valence-corrected chi connectivity index (χ3v) is 4.29. The van der Waals surface area contributed by atoms with Crippen LogP contribution in [0.25, 0.3) is 22.7 Å². The number of hydrogen-bond acceptors (Lipinski definition) is 6. The molecule has 0 amide bonds. The SMILES string of the molecule is CCS(=O)(=O)Oc1cc(Cl)ccc1-c1nc2ncccc2o1. The number of pyridine rings is 1. The molecule has 0 saturated carbocycles. The number of rotatable bonds is 4. The number of aromatic nitrogens is 2. The van der Waals surface area contributed by atoms with Crippen LogP contribution in [0.2, 0.25) is 5.02 Å². The Bertz CT molecular complexity index is 904. The first-order chi connectivity index (χ1) is 10.5. The van der Waals surface area contributed by atoms with Crippen LogP contribution in [0.3, 0.4) is 0 Å². The Morgan fingerprint density at radius 3 is 2.86 bits per heavy atom. The second kappa shape index (κ2) is 5.58. The topological polar surface area (TPSA) is 82.3 Å². The van der Waals surface area contributed by atoms with Crippen molar-refractivity contribution in [2.75, 3.05) is 5.75 Å². The van der Waals surface area contributed by atoms with Crippen molar-refractivity contribution in [1.29, 1.82) is 0 Å². The fourth-order valence-electron chi connectivity index (χ4n) is 1.82. The van der Waals surface area contributed by atoms with Gasteiger partial charge in [0.1, 0.15) is 0 Å². The molecule has 0 aliphatic heterocycles. The van der Waals surface area contributed by atoms with Crippen molar-refractivity contribution in [2.24, 2.45) is 0 Å². The molecule has 0 atom stereocenters. The molecular formula is C14H11ClN2O4S. The highest BCUT2D eigenvalue weighted by molar-refractivity contribution is 7.87. The first-order valence-corrected chi connectivity index (χ1v) is 8.37. The summed E-state index contributed by atoms with van der Waals surface area (Å²) in [6.07, 6.45) is 1.59. The molecule has 0 aliphatic carbocycles. The Morgan fingerprint density at radius 2 is 2.14 bits per heavy atom. The number of hydrogen-bond donors (Lipinski definition) is 0. The maximum atomic E-state index is 11.7. The molecule has 3 aromatic rings. The molecule has 0 fully saturated rings. The summed E-state index contributed by atoms with van der Waals surface area (Å²) in [5, 5.41) is 0.347. The number of oxazole rings is 1. The first-order valence-electron chi connectivity index (χ1n) is 6.42. The van der Waals surface area contributed by atoms with Gasteiger partial charge in [-0.1, -0.05) is 11.6 Å². The summed E-state index contributed by atoms with van der Waals surface area (Å²) in [6.45, 7) is 1.49. The molecule has 22 heavy (non-hydrogen) atoms. The molecule has 114 valence electrons. The second-order valence-corrected chi connectivity index (χ2v) is 6.71. The lowest BCUT2D eigenvalue weighted by molar-refractivity contribution is 0.487. The highest BCUT2D eigenvalue weighted by Gasteiger charge is 2.18. The minimum absolute atomic E-state index is 0.0703. The van der Waals surface area contributed by atoms with Crippen LogP contribution in [-0.2, 0) is 10.1 Å². The third kappa shape index (κ3) is 2.90. The Kier molecular flexibility index (Phi) is 3.76. The fourth-order valence-corrected chi connectivity index (χ4v) is 2.51. The Morgan fingerprint density at radius 1 is 1.32 bits per heavy atom. The van der Waals surface area contributed by atoms with Crippen molar-refractivity contribution >= 4 is 32.9 Å². The van der Waals surface area contributed by atoms with E-state index in [4.69, 9.17) is 20.2 Å². The van der Waals surface area contributed by atoms with Gasteiger partial charge in [0.25, 0.3) is 0 Å². The van der Waals surface area contributed by atoms with E-state index in [1.165, 1.54) is 13.0 Å². The summed E-state index contributed by atoms with van der Waals surface area (Å²) < 4.78 is 34.1. The molecule has 3 rings (SSSR count). The third-order valence-electron chi connectivity index (χ3n) is 2.91. The lowest BCUT2D eigenvalue weighted by Gasteiger charge is -2.08. The number of nitrogens with zero attached hydrogens (tertiary/aromatic N) is 2. The highest BCUT2D eigenvalue weighted by Crippen LogP contribution is 2.34. The van der Waals surface area contributed by atoms with Crippen molar-refractivity contribution in [2.45, 2.75) is 6.92 Å². The Balaban J connectivity index is 2.13. The van der Waals surface area contributed by atoms with E-state index in [1.807, 2.05) is 0 Å². The van der Waals surface area contributed by atoms with Crippen LogP contribution in [-0.4, -0.2) is 24.1 Å². The Labute approximate surface area is 131 Å². The minimum atomic E-state index is -3.69. The summed E-state index contributed by atoms with van der Waals surface area (Å²) >= 11 is 5.92. The van der Waals surface area contributed by atoms with E-state index in [2.05, 4.69) is 9.97 Å². The van der Waals surface area contributed by atoms with E-state index in [9.17, 15) is 8.42 Å². The molecular weight excluding hydrogens is 328 g/mol. The molecule has 8 heteroatoms. The molecule has 0 aliphatic rings. The average Bonchev–Trinajstić information content (AvgIpc) is 2.90. The van der Waals surface area contributed by atoms with Gasteiger partial charge < -0.3 is 8.60 Å². The average molecular weight is 339 g/mol. The number of benzene rings is 1. The van der Waals surface area contributed by atoms with Crippen LogP contribution in [0.4, 0.5) is 0 Å². The van der Waals surface area contributed by atoms with E-state index in [1.54, 1.807) is 30.5 Å². The summed E-state index contributed by atoms with van der Waals surface area (Å²) in [5.74, 6) is 0.126. The lowest BCUT2D eigenvalue weighted by atomic mass is 10.2. The summed E-state index contributed by atoms with van der Waals surface area (Å²) in [5.41, 5.74) is 1.31. The molecule has 0 bridgehead atoms. The van der Waals surface area contributed by atoms with Crippen LogP contribution in [0.1, 0.15) is 6.92 Å². The predicted octanol–water partition coefficient (Wildman–Crippen LogP) is 3.27. The highest BCUT2D eigenvalue weighted by atomic mass is 35.5. The summed E-state index contributed by atoms with van der Waals surface area (Å²) in [7, 11) is -3.69. The standard InChI is InChI=1S/C14H11ClN2O4S/c1-2-22(18,19)21-12-8-9(15)5-6-10(12)14-17-13-11(20-14)4-3-7-16-13/h3-8H,2H2,1H3. The van der Waals surface area contributed by atoms with Crippen molar-refractivity contribution in [3.8, 4) is 17.2 Å². The monoisotopic (exact) mass is 338 g/mol. The van der Waals surface area contributed by atoms with Gasteiger partial charge in [-0.25, -0.2) is 4.98 Å². The maximum absolute atomic E-state index is 11.7. The van der Waals surface area contributed by atoms with Gasteiger partial charge in [0.2, 0.25) is 5.89 Å². The van der Waals surface area contributed by atoms with E-state index in [0.717, 1.165) is 0 Å². The molecule has 6 nitrogen and oxygen atoms in total. The summed E-state index contributed by atoms with van der Waals surface area (Å²) in [4.78, 5) is 8.31. The van der Waals surface area contributed by atoms with E-state index in [0.29, 0.717) is 21.8 Å². The van der Waals surface area contributed by atoms with E-state index < -0.39 is 10.1 Å². The zero-order chi connectivity index (χ0) is 15.7. The van der Waals surface area contributed by atoms with Crippen molar-refractivity contribution in [3.05, 3.63) is 41.6 Å². The summed E-state index contributed by atoms with van der Waals surface area (Å²) in [6, 6.07) is 8.04. The fraction of sp³-hybridized carbons (Fsp3) is 0.143. The van der Waals surface area contributed by atoms with Gasteiger partial charge in [-0.2, -0.15) is 13.4 Å². The quantitative estimate of drug-likeness (QED) is 0.679. The second-order valence-electron chi connectivity index (χ2n) is 4.41. The molecule has 1 aromatic carbocycles. The minimum Gasteiger partial charge on any atom is -0.434 e. The molecule has 0 saturated heterocycles. The smallest absolute Gasteiger partial charge is 0.308 e. The van der Waals surface area contributed by atoms with Crippen LogP contribution >= 0.6 is 11.6 Å². The van der Waals surface area contributed by atoms with Crippen molar-refractivity contribution < 1.29 is 17.0 Å². The van der Waals surface area contributed by atoms with Gasteiger partial charge in [0.05, 0.1) is 11.3 Å². The van der Waals surface area contributed by atoms with Crippen LogP contribution < -0.4 is 4.18 Å². The van der Waals surface area contributed by atoms with Gasteiger partial charge in [-0.15, -0.1) is 0 Å². The lowest BCUT2D eigenvalue weighted by Crippen LogP contribution is -2.12. The van der Waals surface area contributed by atoms with Gasteiger partial charge in [-0.3, -0.25) is 0 Å². The number of fused-ring (bicyclic) bond motifs is 1. The zero-order valence-corrected chi connectivity index (χ0v) is 13.1. The van der Waals surface area contributed by atoms with Crippen LogP contribution in [0.5, 0.6) is 5.75 Å². The zero-order valence-electron chi connectivity index (χ0n) is 11.5. The molecule has 0 unspecified atom stereocenters. The molecule has 2 aromatic heterocycles. The molecule has 0 radical (unpaired) electrons. The Hall–Kier alpha value is -2.12. The predicted molar refractivity (Wildman–Crippen MR) is 82.3 cm³/mol.